The molecule has 1 heterocycles. The summed E-state index contributed by atoms with van der Waals surface area (Å²) < 4.78 is 0.842. The lowest BCUT2D eigenvalue weighted by molar-refractivity contribution is -0.115. The lowest BCUT2D eigenvalue weighted by Crippen LogP contribution is -2.34. The number of nitrogens with zero attached hydrogens (tertiary/aromatic N) is 2. The van der Waals surface area contributed by atoms with Gasteiger partial charge in [-0.05, 0) is 43.5 Å². The number of amides is 1. The predicted molar refractivity (Wildman–Crippen MR) is 111 cm³/mol. The van der Waals surface area contributed by atoms with Crippen LogP contribution in [0.1, 0.15) is 19.3 Å². The Kier molecular flexibility index (Phi) is 6.48. The first-order chi connectivity index (χ1) is 12.3. The number of thiocarbonyl (C=S) groups is 1. The van der Waals surface area contributed by atoms with Gasteiger partial charge >= 0.3 is 0 Å². The molecule has 130 valence electrons. The van der Waals surface area contributed by atoms with E-state index >= 15 is 0 Å². The number of hydrogen-bond acceptors (Lipinski definition) is 3. The van der Waals surface area contributed by atoms with Gasteiger partial charge in [-0.2, -0.15) is 0 Å². The number of carbonyl (C=O) groups is 1. The number of anilines is 2. The van der Waals surface area contributed by atoms with Gasteiger partial charge in [-0.1, -0.05) is 60.4 Å². The molecule has 0 saturated carbocycles. The molecule has 0 spiro atoms. The molecule has 1 saturated heterocycles. The third-order valence-electron chi connectivity index (χ3n) is 4.21. The zero-order valence-electron chi connectivity index (χ0n) is 14.1. The minimum absolute atomic E-state index is 0.0433. The number of rotatable bonds is 4. The van der Waals surface area contributed by atoms with Gasteiger partial charge in [-0.25, -0.2) is 0 Å². The third kappa shape index (κ3) is 4.83. The molecule has 0 atom stereocenters. The molecule has 1 aliphatic rings. The smallest absolute Gasteiger partial charge is 0.241 e. The second-order valence-corrected chi connectivity index (χ2v) is 7.61. The van der Waals surface area contributed by atoms with Gasteiger partial charge in [0.05, 0.1) is 5.75 Å². The second-order valence-electron chi connectivity index (χ2n) is 6.00. The SMILES string of the molecule is O=C(CSC(=S)N1CCCCC1)N(c1ccccc1)c1ccccc1. The van der Waals surface area contributed by atoms with Gasteiger partial charge in [-0.3, -0.25) is 9.69 Å². The van der Waals surface area contributed by atoms with Crippen molar-refractivity contribution in [2.24, 2.45) is 0 Å². The largest absolute Gasteiger partial charge is 0.358 e. The van der Waals surface area contributed by atoms with Gasteiger partial charge in [0.1, 0.15) is 4.32 Å². The summed E-state index contributed by atoms with van der Waals surface area (Å²) in [5.74, 6) is 0.390. The van der Waals surface area contributed by atoms with E-state index in [0.29, 0.717) is 5.75 Å². The summed E-state index contributed by atoms with van der Waals surface area (Å²) >= 11 is 7.01. The van der Waals surface area contributed by atoms with Gasteiger partial charge < -0.3 is 4.90 Å². The zero-order chi connectivity index (χ0) is 17.5. The van der Waals surface area contributed by atoms with E-state index in [1.54, 1.807) is 4.90 Å². The lowest BCUT2D eigenvalue weighted by atomic mass is 10.1. The molecule has 0 aliphatic carbocycles. The third-order valence-corrected chi connectivity index (χ3v) is 5.72. The number of likely N-dealkylation sites (tertiary alicyclic amines) is 1. The maximum Gasteiger partial charge on any atom is 0.241 e. The molecule has 1 fully saturated rings. The molecule has 0 bridgehead atoms. The van der Waals surface area contributed by atoms with Gasteiger partial charge in [0.2, 0.25) is 5.91 Å². The average Bonchev–Trinajstić information content (AvgIpc) is 2.69. The molecular weight excluding hydrogens is 348 g/mol. The Labute approximate surface area is 159 Å². The first kappa shape index (κ1) is 18.0. The van der Waals surface area contributed by atoms with Gasteiger partial charge in [-0.15, -0.1) is 0 Å². The normalized spacial score (nSPS) is 14.2. The monoisotopic (exact) mass is 370 g/mol. The summed E-state index contributed by atoms with van der Waals surface area (Å²) in [5.41, 5.74) is 1.76. The van der Waals surface area contributed by atoms with Crippen LogP contribution in [0.3, 0.4) is 0 Å². The van der Waals surface area contributed by atoms with E-state index in [9.17, 15) is 4.79 Å². The van der Waals surface area contributed by atoms with Gasteiger partial charge in [0.15, 0.2) is 0 Å². The van der Waals surface area contributed by atoms with Crippen LogP contribution in [0.5, 0.6) is 0 Å². The van der Waals surface area contributed by atoms with Crippen LogP contribution in [0.15, 0.2) is 60.7 Å². The Morgan fingerprint density at radius 1 is 0.920 bits per heavy atom. The Morgan fingerprint density at radius 3 is 1.96 bits per heavy atom. The van der Waals surface area contributed by atoms with Crippen LogP contribution in [0, 0.1) is 0 Å². The number of thioether (sulfide) groups is 1. The minimum Gasteiger partial charge on any atom is -0.358 e. The number of piperidine rings is 1. The molecule has 25 heavy (non-hydrogen) atoms. The summed E-state index contributed by atoms with van der Waals surface area (Å²) in [6.45, 7) is 2.03. The molecule has 0 radical (unpaired) electrons. The van der Waals surface area contributed by atoms with E-state index in [0.717, 1.165) is 28.8 Å². The second kappa shape index (κ2) is 9.02. The number of carbonyl (C=O) groups excluding carboxylic acids is 1. The van der Waals surface area contributed by atoms with Crippen molar-refractivity contribution < 1.29 is 4.79 Å². The van der Waals surface area contributed by atoms with Crippen molar-refractivity contribution in [1.29, 1.82) is 0 Å². The average molecular weight is 371 g/mol. The highest BCUT2D eigenvalue weighted by Gasteiger charge is 2.20. The number of benzene rings is 2. The van der Waals surface area contributed by atoms with E-state index in [4.69, 9.17) is 12.2 Å². The van der Waals surface area contributed by atoms with Crippen molar-refractivity contribution in [2.75, 3.05) is 23.7 Å². The fraction of sp³-hybridized carbons (Fsp3) is 0.300. The fourth-order valence-electron chi connectivity index (χ4n) is 2.95. The molecule has 3 rings (SSSR count). The summed E-state index contributed by atoms with van der Waals surface area (Å²) in [7, 11) is 0. The topological polar surface area (TPSA) is 23.6 Å². The van der Waals surface area contributed by atoms with Crippen LogP contribution in [-0.2, 0) is 4.79 Å². The molecule has 2 aromatic carbocycles. The van der Waals surface area contributed by atoms with Crippen LogP contribution in [0.4, 0.5) is 11.4 Å². The molecule has 0 unspecified atom stereocenters. The van der Waals surface area contributed by atoms with Crippen molar-refractivity contribution in [3.8, 4) is 0 Å². The molecular formula is C20H22N2OS2. The maximum absolute atomic E-state index is 13.0. The van der Waals surface area contributed by atoms with Crippen molar-refractivity contribution in [3.05, 3.63) is 60.7 Å². The number of hydrogen-bond donors (Lipinski definition) is 0. The van der Waals surface area contributed by atoms with Crippen LogP contribution >= 0.6 is 24.0 Å². The predicted octanol–water partition coefficient (Wildman–Crippen LogP) is 4.86. The quantitative estimate of drug-likeness (QED) is 0.718. The van der Waals surface area contributed by atoms with E-state index in [-0.39, 0.29) is 5.91 Å². The summed E-state index contributed by atoms with van der Waals surface area (Å²) in [4.78, 5) is 17.0. The molecule has 1 aliphatic heterocycles. The van der Waals surface area contributed by atoms with Crippen molar-refractivity contribution in [2.45, 2.75) is 19.3 Å². The van der Waals surface area contributed by atoms with Gasteiger partial charge in [0, 0.05) is 24.5 Å². The highest BCUT2D eigenvalue weighted by atomic mass is 32.2. The van der Waals surface area contributed by atoms with E-state index < -0.39 is 0 Å². The Hall–Kier alpha value is -1.85. The first-order valence-electron chi connectivity index (χ1n) is 8.60. The molecule has 0 aromatic heterocycles. The summed E-state index contributed by atoms with van der Waals surface area (Å²) in [6, 6.07) is 19.5. The van der Waals surface area contributed by atoms with Crippen LogP contribution < -0.4 is 4.90 Å². The highest BCUT2D eigenvalue weighted by Crippen LogP contribution is 2.26. The Balaban J connectivity index is 1.70. The zero-order valence-corrected chi connectivity index (χ0v) is 15.8. The van der Waals surface area contributed by atoms with Gasteiger partial charge in [0.25, 0.3) is 0 Å². The standard InChI is InChI=1S/C20H22N2OS2/c23-19(16-25-20(24)21-14-8-3-9-15-21)22(17-10-4-1-5-11-17)18-12-6-2-7-13-18/h1-2,4-7,10-13H,3,8-9,14-16H2. The summed E-state index contributed by atoms with van der Waals surface area (Å²) in [6.07, 6.45) is 3.65. The molecule has 1 amide bonds. The van der Waals surface area contributed by atoms with E-state index in [2.05, 4.69) is 4.90 Å². The van der Waals surface area contributed by atoms with Crippen LogP contribution in [0.25, 0.3) is 0 Å². The van der Waals surface area contributed by atoms with Crippen molar-refractivity contribution in [3.63, 3.8) is 0 Å². The maximum atomic E-state index is 13.0. The van der Waals surface area contributed by atoms with Crippen LogP contribution in [0.2, 0.25) is 0 Å². The Bertz CT molecular complexity index is 661. The first-order valence-corrected chi connectivity index (χ1v) is 10.00. The lowest BCUT2D eigenvalue weighted by Gasteiger charge is -2.29. The van der Waals surface area contributed by atoms with Crippen molar-refractivity contribution in [1.82, 2.24) is 4.90 Å². The molecule has 0 N–H and O–H groups in total. The van der Waals surface area contributed by atoms with E-state index in [1.807, 2.05) is 60.7 Å². The molecule has 2 aromatic rings. The number of para-hydroxylation sites is 2. The van der Waals surface area contributed by atoms with Crippen LogP contribution in [-0.4, -0.2) is 34.0 Å². The summed E-state index contributed by atoms with van der Waals surface area (Å²) in [5, 5.41) is 0. The minimum atomic E-state index is 0.0433. The van der Waals surface area contributed by atoms with Crippen molar-refractivity contribution >= 4 is 45.6 Å². The Morgan fingerprint density at radius 2 is 1.44 bits per heavy atom. The molecule has 3 nitrogen and oxygen atoms in total. The molecule has 5 heteroatoms. The fourth-order valence-corrected chi connectivity index (χ4v) is 4.05. The van der Waals surface area contributed by atoms with E-state index in [1.165, 1.54) is 31.0 Å². The highest BCUT2D eigenvalue weighted by molar-refractivity contribution is 8.23.